The standard InChI is InChI=1S/C25H21N3O5/c1-29-20-11-18-16-4-3-15-9-22-23(33-14-32-22)10-17(15)24(16)27-25(19(18)12-21(20)30-2)31-8-7-28-6-5-26-13-28/h3-6,9-13H,7-8,14H2,1-2H3. The molecular weight excluding hydrogens is 422 g/mol. The number of rotatable bonds is 6. The number of pyridine rings is 1. The van der Waals surface area contributed by atoms with Crippen LogP contribution in [0.3, 0.4) is 0 Å². The van der Waals surface area contributed by atoms with Crippen LogP contribution in [-0.2, 0) is 6.54 Å². The van der Waals surface area contributed by atoms with Crippen molar-refractivity contribution >= 4 is 32.4 Å². The first-order valence-electron chi connectivity index (χ1n) is 10.6. The number of fused-ring (bicyclic) bond motifs is 6. The van der Waals surface area contributed by atoms with Crippen LogP contribution in [0.4, 0.5) is 0 Å². The van der Waals surface area contributed by atoms with Gasteiger partial charge >= 0.3 is 0 Å². The van der Waals surface area contributed by atoms with Gasteiger partial charge in [0.05, 0.1) is 32.6 Å². The lowest BCUT2D eigenvalue weighted by Gasteiger charge is -2.15. The van der Waals surface area contributed by atoms with E-state index in [1.54, 1.807) is 26.7 Å². The molecule has 2 aromatic heterocycles. The molecule has 0 spiro atoms. The van der Waals surface area contributed by atoms with E-state index in [1.165, 1.54) is 0 Å². The number of aromatic nitrogens is 3. The van der Waals surface area contributed by atoms with E-state index in [9.17, 15) is 0 Å². The van der Waals surface area contributed by atoms with Crippen LogP contribution in [0, 0.1) is 0 Å². The number of methoxy groups -OCH3 is 2. The van der Waals surface area contributed by atoms with Gasteiger partial charge in [0.2, 0.25) is 12.7 Å². The molecule has 0 fully saturated rings. The average molecular weight is 443 g/mol. The van der Waals surface area contributed by atoms with Crippen molar-refractivity contribution in [2.24, 2.45) is 0 Å². The van der Waals surface area contributed by atoms with Gasteiger partial charge in [-0.25, -0.2) is 9.97 Å². The molecule has 6 rings (SSSR count). The van der Waals surface area contributed by atoms with Crippen LogP contribution in [-0.4, -0.2) is 42.2 Å². The molecule has 166 valence electrons. The molecule has 0 amide bonds. The molecule has 8 heteroatoms. The van der Waals surface area contributed by atoms with E-state index in [1.807, 2.05) is 35.0 Å². The lowest BCUT2D eigenvalue weighted by atomic mass is 10.0. The van der Waals surface area contributed by atoms with E-state index < -0.39 is 0 Å². The summed E-state index contributed by atoms with van der Waals surface area (Å²) in [6.45, 7) is 1.32. The molecule has 1 aliphatic heterocycles. The lowest BCUT2D eigenvalue weighted by molar-refractivity contribution is 0.174. The van der Waals surface area contributed by atoms with Gasteiger partial charge in [0.25, 0.3) is 0 Å². The number of benzene rings is 3. The number of nitrogens with zero attached hydrogens (tertiary/aromatic N) is 3. The summed E-state index contributed by atoms with van der Waals surface area (Å²) in [6.07, 6.45) is 5.41. The molecule has 8 nitrogen and oxygen atoms in total. The van der Waals surface area contributed by atoms with Crippen molar-refractivity contribution in [2.45, 2.75) is 6.54 Å². The Morgan fingerprint density at radius 1 is 0.909 bits per heavy atom. The van der Waals surface area contributed by atoms with Crippen molar-refractivity contribution in [3.8, 4) is 28.9 Å². The van der Waals surface area contributed by atoms with Crippen molar-refractivity contribution in [3.05, 3.63) is 55.1 Å². The molecule has 3 heterocycles. The molecule has 0 bridgehead atoms. The smallest absolute Gasteiger partial charge is 0.231 e. The van der Waals surface area contributed by atoms with Crippen LogP contribution in [0.2, 0.25) is 0 Å². The van der Waals surface area contributed by atoms with Crippen molar-refractivity contribution < 1.29 is 23.7 Å². The molecule has 0 N–H and O–H groups in total. The van der Waals surface area contributed by atoms with Crippen LogP contribution in [0.1, 0.15) is 0 Å². The summed E-state index contributed by atoms with van der Waals surface area (Å²) in [7, 11) is 3.25. The monoisotopic (exact) mass is 443 g/mol. The van der Waals surface area contributed by atoms with Gasteiger partial charge in [-0.1, -0.05) is 12.1 Å². The molecule has 0 saturated heterocycles. The van der Waals surface area contributed by atoms with Gasteiger partial charge < -0.3 is 28.3 Å². The van der Waals surface area contributed by atoms with E-state index in [4.69, 9.17) is 28.7 Å². The molecule has 0 radical (unpaired) electrons. The van der Waals surface area contributed by atoms with E-state index >= 15 is 0 Å². The first-order chi connectivity index (χ1) is 16.2. The zero-order valence-corrected chi connectivity index (χ0v) is 18.2. The van der Waals surface area contributed by atoms with E-state index in [0.29, 0.717) is 36.3 Å². The fraction of sp³-hybridized carbons (Fsp3) is 0.200. The number of imidazole rings is 1. The minimum Gasteiger partial charge on any atom is -0.493 e. The van der Waals surface area contributed by atoms with Gasteiger partial charge in [-0.2, -0.15) is 0 Å². The second-order valence-electron chi connectivity index (χ2n) is 7.71. The Labute approximate surface area is 189 Å². The highest BCUT2D eigenvalue weighted by Gasteiger charge is 2.19. The van der Waals surface area contributed by atoms with E-state index in [0.717, 1.165) is 38.2 Å². The highest BCUT2D eigenvalue weighted by atomic mass is 16.7. The van der Waals surface area contributed by atoms with Crippen LogP contribution in [0.5, 0.6) is 28.9 Å². The lowest BCUT2D eigenvalue weighted by Crippen LogP contribution is -2.08. The quantitative estimate of drug-likeness (QED) is 0.356. The third-order valence-electron chi connectivity index (χ3n) is 5.89. The van der Waals surface area contributed by atoms with Crippen LogP contribution >= 0.6 is 0 Å². The molecule has 0 aliphatic carbocycles. The fourth-order valence-electron chi connectivity index (χ4n) is 4.25. The third kappa shape index (κ3) is 3.22. The Kier molecular flexibility index (Phi) is 4.57. The molecule has 0 unspecified atom stereocenters. The number of hydrogen-bond donors (Lipinski definition) is 0. The first kappa shape index (κ1) is 19.5. The fourth-order valence-corrected chi connectivity index (χ4v) is 4.25. The van der Waals surface area contributed by atoms with Crippen molar-refractivity contribution in [1.29, 1.82) is 0 Å². The maximum atomic E-state index is 6.20. The van der Waals surface area contributed by atoms with Crippen LogP contribution in [0.25, 0.3) is 32.4 Å². The zero-order valence-electron chi connectivity index (χ0n) is 18.2. The largest absolute Gasteiger partial charge is 0.493 e. The second-order valence-corrected chi connectivity index (χ2v) is 7.71. The minimum absolute atomic E-state index is 0.222. The first-order valence-corrected chi connectivity index (χ1v) is 10.6. The van der Waals surface area contributed by atoms with Gasteiger partial charge in [-0.05, 0) is 29.7 Å². The summed E-state index contributed by atoms with van der Waals surface area (Å²) in [6, 6.07) is 12.0. The predicted octanol–water partition coefficient (Wildman–Crippen LogP) is 4.56. The molecule has 3 aromatic carbocycles. The van der Waals surface area contributed by atoms with E-state index in [-0.39, 0.29) is 6.79 Å². The van der Waals surface area contributed by atoms with Crippen LogP contribution < -0.4 is 23.7 Å². The van der Waals surface area contributed by atoms with Gasteiger partial charge in [0.1, 0.15) is 6.61 Å². The molecule has 0 atom stereocenters. The summed E-state index contributed by atoms with van der Waals surface area (Å²) in [5.41, 5.74) is 0.822. The SMILES string of the molecule is COc1cc2c(OCCn3ccnc3)nc3c4cc5c(cc4ccc3c2cc1OC)OCO5. The normalized spacial score (nSPS) is 12.5. The summed E-state index contributed by atoms with van der Waals surface area (Å²) >= 11 is 0. The molecule has 1 aliphatic rings. The Balaban J connectivity index is 1.57. The average Bonchev–Trinajstić information content (AvgIpc) is 3.53. The van der Waals surface area contributed by atoms with Crippen molar-refractivity contribution in [2.75, 3.05) is 27.6 Å². The maximum Gasteiger partial charge on any atom is 0.231 e. The second kappa shape index (κ2) is 7.74. The minimum atomic E-state index is 0.222. The Morgan fingerprint density at radius 2 is 1.70 bits per heavy atom. The van der Waals surface area contributed by atoms with Gasteiger partial charge in [-0.15, -0.1) is 0 Å². The summed E-state index contributed by atoms with van der Waals surface area (Å²) in [5.74, 6) is 3.25. The molecule has 33 heavy (non-hydrogen) atoms. The van der Waals surface area contributed by atoms with Crippen molar-refractivity contribution in [1.82, 2.24) is 14.5 Å². The molecule has 5 aromatic rings. The highest BCUT2D eigenvalue weighted by Crippen LogP contribution is 2.43. The van der Waals surface area contributed by atoms with Gasteiger partial charge in [0.15, 0.2) is 23.0 Å². The van der Waals surface area contributed by atoms with Crippen LogP contribution in [0.15, 0.2) is 55.1 Å². The van der Waals surface area contributed by atoms with Crippen molar-refractivity contribution in [3.63, 3.8) is 0 Å². The zero-order chi connectivity index (χ0) is 22.4. The molecule has 0 saturated carbocycles. The summed E-state index contributed by atoms with van der Waals surface area (Å²) in [5, 5.41) is 4.79. The highest BCUT2D eigenvalue weighted by molar-refractivity contribution is 6.17. The third-order valence-corrected chi connectivity index (χ3v) is 5.89. The topological polar surface area (TPSA) is 76.9 Å². The Bertz CT molecular complexity index is 1500. The Morgan fingerprint density at radius 3 is 2.45 bits per heavy atom. The van der Waals surface area contributed by atoms with Gasteiger partial charge in [-0.3, -0.25) is 0 Å². The molecular formula is C25H21N3O5. The summed E-state index contributed by atoms with van der Waals surface area (Å²) in [4.78, 5) is 9.05. The number of ether oxygens (including phenoxy) is 5. The number of hydrogen-bond acceptors (Lipinski definition) is 7. The maximum absolute atomic E-state index is 6.20. The Hall–Kier alpha value is -4.20. The van der Waals surface area contributed by atoms with E-state index in [2.05, 4.69) is 17.1 Å². The summed E-state index contributed by atoms with van der Waals surface area (Å²) < 4.78 is 30.5. The predicted molar refractivity (Wildman–Crippen MR) is 124 cm³/mol. The van der Waals surface area contributed by atoms with Gasteiger partial charge in [0, 0.05) is 33.9 Å².